The molecule has 8 rings (SSSR count). The molecule has 0 aliphatic carbocycles. The topological polar surface area (TPSA) is 74.7 Å². The Labute approximate surface area is 252 Å². The number of benzene rings is 5. The van der Waals surface area contributed by atoms with Gasteiger partial charge in [0.05, 0.1) is 51.6 Å². The molecule has 202 valence electrons. The van der Waals surface area contributed by atoms with E-state index in [1.54, 1.807) is 12.4 Å². The number of aromatic nitrogens is 3. The third kappa shape index (κ3) is 3.61. The number of pyridine rings is 1. The molecule has 0 atom stereocenters. The summed E-state index contributed by atoms with van der Waals surface area (Å²) in [5.74, 6) is 0. The lowest BCUT2D eigenvalue weighted by Gasteiger charge is -2.18. The first kappa shape index (κ1) is 25.1. The molecular formula is C38H20N6. The van der Waals surface area contributed by atoms with Gasteiger partial charge in [-0.2, -0.15) is 10.5 Å². The van der Waals surface area contributed by atoms with Crippen molar-refractivity contribution in [2.24, 2.45) is 0 Å². The van der Waals surface area contributed by atoms with E-state index < -0.39 is 0 Å². The van der Waals surface area contributed by atoms with Crippen molar-refractivity contribution >= 4 is 49.3 Å². The Balaban J connectivity index is 1.56. The first-order chi connectivity index (χ1) is 21.7. The Kier molecular flexibility index (Phi) is 5.53. The van der Waals surface area contributed by atoms with Crippen LogP contribution in [0.4, 0.5) is 5.69 Å². The lowest BCUT2D eigenvalue weighted by molar-refractivity contribution is 1.12. The summed E-state index contributed by atoms with van der Waals surface area (Å²) in [4.78, 5) is 7.91. The molecule has 0 fully saturated rings. The van der Waals surface area contributed by atoms with E-state index in [2.05, 4.69) is 61.4 Å². The summed E-state index contributed by atoms with van der Waals surface area (Å²) >= 11 is 0. The third-order valence-electron chi connectivity index (χ3n) is 8.29. The monoisotopic (exact) mass is 560 g/mol. The molecule has 8 aromatic rings. The van der Waals surface area contributed by atoms with Crippen LogP contribution in [0.5, 0.6) is 0 Å². The molecule has 5 aromatic carbocycles. The minimum atomic E-state index is 0.506. The minimum Gasteiger partial charge on any atom is -0.308 e. The normalized spacial score (nSPS) is 11.1. The summed E-state index contributed by atoms with van der Waals surface area (Å²) < 4.78 is 4.26. The number of hydrogen-bond acceptors (Lipinski definition) is 3. The molecule has 0 aliphatic rings. The summed E-state index contributed by atoms with van der Waals surface area (Å²) in [7, 11) is 0. The van der Waals surface area contributed by atoms with Crippen LogP contribution >= 0.6 is 0 Å². The SMILES string of the molecule is [C-]#[N+]c1ccc2c(c1)c1ccccc1n2-c1cc(-c2ccncc2)cc(-n2c3ccccc3c3cc(C#N)ccc32)c1C#N. The molecule has 6 nitrogen and oxygen atoms in total. The number of nitriles is 2. The first-order valence-corrected chi connectivity index (χ1v) is 14.0. The fraction of sp³-hybridized carbons (Fsp3) is 0. The Morgan fingerprint density at radius 3 is 1.73 bits per heavy atom. The molecule has 0 saturated carbocycles. The molecule has 0 unspecified atom stereocenters. The van der Waals surface area contributed by atoms with E-state index >= 15 is 0 Å². The smallest absolute Gasteiger partial charge is 0.188 e. The second-order valence-corrected chi connectivity index (χ2v) is 10.6. The average molecular weight is 561 g/mol. The lowest BCUT2D eigenvalue weighted by atomic mass is 10.0. The molecule has 0 amide bonds. The number of para-hydroxylation sites is 2. The molecule has 0 N–H and O–H groups in total. The van der Waals surface area contributed by atoms with Crippen LogP contribution in [0, 0.1) is 29.2 Å². The van der Waals surface area contributed by atoms with Gasteiger partial charge in [0.25, 0.3) is 0 Å². The van der Waals surface area contributed by atoms with Crippen LogP contribution in [0.3, 0.4) is 0 Å². The highest BCUT2D eigenvalue weighted by Crippen LogP contribution is 2.40. The van der Waals surface area contributed by atoms with Gasteiger partial charge in [-0.05, 0) is 83.2 Å². The highest BCUT2D eigenvalue weighted by molar-refractivity contribution is 6.12. The Morgan fingerprint density at radius 1 is 0.568 bits per heavy atom. The van der Waals surface area contributed by atoms with Crippen molar-refractivity contribution in [3.63, 3.8) is 0 Å². The largest absolute Gasteiger partial charge is 0.308 e. The van der Waals surface area contributed by atoms with Gasteiger partial charge in [0.2, 0.25) is 0 Å². The maximum Gasteiger partial charge on any atom is 0.188 e. The van der Waals surface area contributed by atoms with Crippen LogP contribution in [0.1, 0.15) is 11.1 Å². The van der Waals surface area contributed by atoms with Gasteiger partial charge in [0, 0.05) is 28.6 Å². The van der Waals surface area contributed by atoms with Crippen molar-refractivity contribution < 1.29 is 0 Å². The second kappa shape index (κ2) is 9.71. The highest BCUT2D eigenvalue weighted by Gasteiger charge is 2.22. The molecule has 0 spiro atoms. The molecule has 44 heavy (non-hydrogen) atoms. The van der Waals surface area contributed by atoms with Crippen LogP contribution in [0.25, 0.3) is 71.0 Å². The van der Waals surface area contributed by atoms with E-state index in [0.29, 0.717) is 16.8 Å². The average Bonchev–Trinajstić information content (AvgIpc) is 3.60. The van der Waals surface area contributed by atoms with E-state index in [1.807, 2.05) is 78.9 Å². The van der Waals surface area contributed by atoms with Crippen molar-refractivity contribution in [1.82, 2.24) is 14.1 Å². The molecule has 6 heteroatoms. The van der Waals surface area contributed by atoms with E-state index in [-0.39, 0.29) is 0 Å². The summed E-state index contributed by atoms with van der Waals surface area (Å²) in [6.07, 6.45) is 3.53. The van der Waals surface area contributed by atoms with E-state index in [0.717, 1.165) is 66.1 Å². The zero-order chi connectivity index (χ0) is 29.8. The Hall–Kier alpha value is -6.68. The van der Waals surface area contributed by atoms with Crippen LogP contribution < -0.4 is 0 Å². The summed E-state index contributed by atoms with van der Waals surface area (Å²) in [5.41, 5.74) is 8.72. The lowest BCUT2D eigenvalue weighted by Crippen LogP contribution is -2.05. The van der Waals surface area contributed by atoms with Gasteiger partial charge in [0.15, 0.2) is 5.69 Å². The Morgan fingerprint density at radius 2 is 1.14 bits per heavy atom. The van der Waals surface area contributed by atoms with Crippen molar-refractivity contribution in [3.05, 3.63) is 144 Å². The van der Waals surface area contributed by atoms with Crippen LogP contribution in [0.15, 0.2) is 122 Å². The predicted octanol–water partition coefficient (Wildman–Crippen LogP) is 9.24. The van der Waals surface area contributed by atoms with Crippen LogP contribution in [0.2, 0.25) is 0 Å². The zero-order valence-electron chi connectivity index (χ0n) is 23.2. The van der Waals surface area contributed by atoms with Crippen molar-refractivity contribution in [1.29, 1.82) is 10.5 Å². The predicted molar refractivity (Wildman–Crippen MR) is 174 cm³/mol. The van der Waals surface area contributed by atoms with Gasteiger partial charge in [-0.3, -0.25) is 4.98 Å². The van der Waals surface area contributed by atoms with Gasteiger partial charge >= 0.3 is 0 Å². The molecule has 3 heterocycles. The molecule has 0 radical (unpaired) electrons. The molecule has 3 aromatic heterocycles. The van der Waals surface area contributed by atoms with Crippen molar-refractivity contribution in [3.8, 4) is 34.6 Å². The number of nitrogens with zero attached hydrogens (tertiary/aromatic N) is 6. The maximum absolute atomic E-state index is 10.9. The van der Waals surface area contributed by atoms with Gasteiger partial charge < -0.3 is 9.13 Å². The molecule has 0 saturated heterocycles. The fourth-order valence-corrected chi connectivity index (χ4v) is 6.38. The summed E-state index contributed by atoms with van der Waals surface area (Å²) in [6.45, 7) is 7.60. The van der Waals surface area contributed by atoms with Crippen molar-refractivity contribution in [2.45, 2.75) is 0 Å². The van der Waals surface area contributed by atoms with Gasteiger partial charge in [0.1, 0.15) is 11.6 Å². The Bertz CT molecular complexity index is 2430. The molecule has 0 aliphatic heterocycles. The van der Waals surface area contributed by atoms with Gasteiger partial charge in [-0.15, -0.1) is 0 Å². The number of fused-ring (bicyclic) bond motifs is 6. The summed E-state index contributed by atoms with van der Waals surface area (Å²) in [5, 5.41) is 24.5. The second-order valence-electron chi connectivity index (χ2n) is 10.6. The maximum atomic E-state index is 10.9. The van der Waals surface area contributed by atoms with Crippen LogP contribution in [-0.4, -0.2) is 14.1 Å². The van der Waals surface area contributed by atoms with Crippen molar-refractivity contribution in [2.75, 3.05) is 0 Å². The van der Waals surface area contributed by atoms with E-state index in [1.165, 1.54) is 0 Å². The minimum absolute atomic E-state index is 0.506. The van der Waals surface area contributed by atoms with Crippen LogP contribution in [-0.2, 0) is 0 Å². The highest BCUT2D eigenvalue weighted by atomic mass is 15.0. The molecule has 0 bridgehead atoms. The van der Waals surface area contributed by atoms with Gasteiger partial charge in [-0.1, -0.05) is 42.5 Å². The van der Waals surface area contributed by atoms with E-state index in [9.17, 15) is 10.5 Å². The zero-order valence-corrected chi connectivity index (χ0v) is 23.2. The van der Waals surface area contributed by atoms with Gasteiger partial charge in [-0.25, -0.2) is 4.85 Å². The standard InChI is InChI=1S/C38H20N6/c1-41-27-11-13-36-31(21-27)29-7-3-5-9-34(29)44(36)38-20-26(25-14-16-42-17-15-25)19-37(32(38)23-40)43-33-8-4-2-6-28(33)30-18-24(22-39)10-12-35(30)43/h2-21H. The number of hydrogen-bond donors (Lipinski definition) is 0. The molecular weight excluding hydrogens is 540 g/mol. The summed E-state index contributed by atoms with van der Waals surface area (Å²) in [6, 6.07) is 40.5. The number of rotatable bonds is 3. The van der Waals surface area contributed by atoms with E-state index in [4.69, 9.17) is 6.57 Å². The first-order valence-electron chi connectivity index (χ1n) is 14.0. The quantitative estimate of drug-likeness (QED) is 0.202. The third-order valence-corrected chi connectivity index (χ3v) is 8.29. The fourth-order valence-electron chi connectivity index (χ4n) is 6.38.